The number of carbonyl (C=O) groups is 1. The third kappa shape index (κ3) is 9.39. The summed E-state index contributed by atoms with van der Waals surface area (Å²) in [5, 5.41) is 7.66. The number of rotatable bonds is 1. The first kappa shape index (κ1) is 13.0. The van der Waals surface area contributed by atoms with E-state index in [1.807, 2.05) is 6.08 Å². The van der Waals surface area contributed by atoms with E-state index in [0.29, 0.717) is 0 Å². The first-order chi connectivity index (χ1) is 4.81. The predicted molar refractivity (Wildman–Crippen MR) is 33.8 cm³/mol. The molecule has 0 saturated carbocycles. The fourth-order valence-corrected chi connectivity index (χ4v) is 0.181. The first-order valence-electron chi connectivity index (χ1n) is 2.19. The Morgan fingerprint density at radius 1 is 1.64 bits per heavy atom. The minimum Gasteiger partial charge on any atom is -0.317 e. The summed E-state index contributed by atoms with van der Waals surface area (Å²) in [6, 6.07) is 0. The summed E-state index contributed by atoms with van der Waals surface area (Å²) < 4.78 is 0. The Bertz CT molecular complexity index is 275. The summed E-state index contributed by atoms with van der Waals surface area (Å²) in [5.41, 5.74) is 8.78. The molecule has 0 aliphatic carbocycles. The molecule has 0 heterocycles. The van der Waals surface area contributed by atoms with Crippen molar-refractivity contribution < 1.29 is 49.1 Å². The summed E-state index contributed by atoms with van der Waals surface area (Å²) in [7, 11) is 0. The van der Waals surface area contributed by atoms with Crippen molar-refractivity contribution in [1.29, 1.82) is 0 Å². The molecule has 0 aromatic rings. The van der Waals surface area contributed by atoms with Crippen LogP contribution in [0.25, 0.3) is 0 Å². The van der Waals surface area contributed by atoms with E-state index < -0.39 is 5.97 Å². The molecule has 0 aromatic carbocycles. The predicted octanol–water partition coefficient (Wildman–Crippen LogP) is 0.856. The van der Waals surface area contributed by atoms with E-state index in [1.165, 1.54) is 0 Å². The molecule has 11 heavy (non-hydrogen) atoms. The van der Waals surface area contributed by atoms with Gasteiger partial charge < -0.3 is 4.89 Å². The molecule has 0 aliphatic rings. The van der Waals surface area contributed by atoms with Gasteiger partial charge in [0, 0.05) is 34.1 Å². The largest absolute Gasteiger partial charge is 0.317 e. The van der Waals surface area contributed by atoms with Gasteiger partial charge in [-0.1, -0.05) is 5.73 Å². The fourth-order valence-electron chi connectivity index (χ4n) is 0.181. The Kier molecular flexibility index (Phi) is 11.1. The maximum absolute atomic E-state index is 10.0. The van der Waals surface area contributed by atoms with Crippen molar-refractivity contribution in [2.24, 2.45) is 0 Å². The van der Waals surface area contributed by atoms with Crippen LogP contribution in [0.1, 0.15) is 1.43 Å². The van der Waals surface area contributed by atoms with Crippen molar-refractivity contribution in [3.8, 4) is 0 Å². The molecule has 0 aliphatic heterocycles. The number of carbonyl (C=O) groups excluding carboxylic acids is 1. The van der Waals surface area contributed by atoms with E-state index in [9.17, 15) is 4.79 Å². The second-order valence-electron chi connectivity index (χ2n) is 1.06. The van der Waals surface area contributed by atoms with Gasteiger partial charge in [-0.25, -0.2) is 11.0 Å². The molecule has 0 amide bonds. The van der Waals surface area contributed by atoms with E-state index in [-0.39, 0.29) is 34.1 Å². The molecule has 0 spiro atoms. The van der Waals surface area contributed by atoms with Crippen LogP contribution in [0.3, 0.4) is 0 Å². The normalized spacial score (nSPS) is 5.18. The van der Waals surface area contributed by atoms with Crippen LogP contribution in [-0.4, -0.2) is 11.2 Å². The third-order valence-corrected chi connectivity index (χ3v) is 0.461. The molecule has 55 valence electrons. The topological polar surface area (TPSA) is 46.5 Å². The van der Waals surface area contributed by atoms with Crippen molar-refractivity contribution in [3.05, 3.63) is 35.6 Å². The van der Waals surface area contributed by atoms with Gasteiger partial charge in [-0.15, -0.1) is 11.8 Å². The minimum absolute atomic E-state index is 0. The molecule has 1 radical (unpaired) electrons. The fraction of sp³-hybridized carbons (Fsp3) is 0. The first-order valence-corrected chi connectivity index (χ1v) is 2.19. The molecule has 0 atom stereocenters. The zero-order valence-corrected chi connectivity index (χ0v) is 8.39. The molecule has 0 rings (SSSR count). The van der Waals surface area contributed by atoms with Crippen LogP contribution in [0.2, 0.25) is 0 Å². The van der Waals surface area contributed by atoms with Crippen molar-refractivity contribution >= 4 is 5.97 Å². The minimum atomic E-state index is -1.04. The second kappa shape index (κ2) is 9.39. The third-order valence-electron chi connectivity index (χ3n) is 0.461. The molecule has 0 fully saturated rings. The van der Waals surface area contributed by atoms with E-state index in [0.717, 1.165) is 0 Å². The van der Waals surface area contributed by atoms with E-state index in [1.54, 1.807) is 0 Å². The van der Waals surface area contributed by atoms with Crippen molar-refractivity contribution in [3.63, 3.8) is 0 Å². The SMILES string of the molecule is C=C=C=C=C=[C-]C(=O)OO.[HH].[Y]. The molecule has 0 bridgehead atoms. The van der Waals surface area contributed by atoms with Gasteiger partial charge in [0.2, 0.25) is 0 Å². The van der Waals surface area contributed by atoms with Gasteiger partial charge in [0.1, 0.15) is 0 Å². The zero-order valence-electron chi connectivity index (χ0n) is 5.55. The summed E-state index contributed by atoms with van der Waals surface area (Å²) in [5.74, 6) is -1.04. The Labute approximate surface area is 90.3 Å². The van der Waals surface area contributed by atoms with E-state index in [2.05, 4.69) is 34.4 Å². The van der Waals surface area contributed by atoms with Gasteiger partial charge in [0.15, 0.2) is 0 Å². The van der Waals surface area contributed by atoms with Gasteiger partial charge in [-0.2, -0.15) is 0 Å². The van der Waals surface area contributed by atoms with Crippen LogP contribution < -0.4 is 0 Å². The molecule has 0 saturated heterocycles. The Hall–Kier alpha value is -0.606. The molecule has 4 heteroatoms. The molecular weight excluding hydrogens is 221 g/mol. The van der Waals surface area contributed by atoms with Crippen LogP contribution in [0.5, 0.6) is 0 Å². The zero-order chi connectivity index (χ0) is 7.82. The summed E-state index contributed by atoms with van der Waals surface area (Å²) in [6.07, 6.45) is 1.86. The van der Waals surface area contributed by atoms with Crippen LogP contribution in [0.15, 0.2) is 29.5 Å². The van der Waals surface area contributed by atoms with E-state index >= 15 is 0 Å². The van der Waals surface area contributed by atoms with Gasteiger partial charge in [-0.3, -0.25) is 10.5 Å². The smallest absolute Gasteiger partial charge is 0.287 e. The molecule has 0 aromatic heterocycles. The maximum Gasteiger partial charge on any atom is 0.287 e. The molecule has 3 nitrogen and oxygen atoms in total. The number of hydrogen-bond acceptors (Lipinski definition) is 3. The average Bonchev–Trinajstić information content (AvgIpc) is 1.98. The monoisotopic (exact) mass is 226 g/mol. The van der Waals surface area contributed by atoms with Crippen LogP contribution in [-0.2, 0) is 42.4 Å². The van der Waals surface area contributed by atoms with E-state index in [4.69, 9.17) is 5.26 Å². The summed E-state index contributed by atoms with van der Waals surface area (Å²) >= 11 is 0. The van der Waals surface area contributed by atoms with Gasteiger partial charge in [0.25, 0.3) is 5.97 Å². The molecule has 1 N–H and O–H groups in total. The maximum atomic E-state index is 10.0. The Morgan fingerprint density at radius 3 is 2.73 bits per heavy atom. The number of hydrogen-bond donors (Lipinski definition) is 1. The van der Waals surface area contributed by atoms with Crippen LogP contribution >= 0.6 is 0 Å². The average molecular weight is 226 g/mol. The van der Waals surface area contributed by atoms with Crippen molar-refractivity contribution in [2.45, 2.75) is 0 Å². The van der Waals surface area contributed by atoms with Gasteiger partial charge in [-0.05, 0) is 6.58 Å². The van der Waals surface area contributed by atoms with Gasteiger partial charge in [0.05, 0.1) is 0 Å². The van der Waals surface area contributed by atoms with Gasteiger partial charge >= 0.3 is 0 Å². The summed E-state index contributed by atoms with van der Waals surface area (Å²) in [4.78, 5) is 13.2. The van der Waals surface area contributed by atoms with Crippen LogP contribution in [0.4, 0.5) is 0 Å². The Morgan fingerprint density at radius 2 is 2.27 bits per heavy atom. The van der Waals surface area contributed by atoms with Crippen molar-refractivity contribution in [2.75, 3.05) is 0 Å². The standard InChI is InChI=1S/C7H3O3.Y.H2/c1-2-3-4-5-6-7(8)10-9;;/h9H,1H2;;1H/q-1;;. The second-order valence-corrected chi connectivity index (χ2v) is 1.06. The quantitative estimate of drug-likeness (QED) is 0.237. The Balaban J connectivity index is -0.000000405. The molecular formula is C7H5O3Y-. The summed E-state index contributed by atoms with van der Waals surface area (Å²) in [6.45, 7) is 3.17. The molecule has 0 unspecified atom stereocenters. The van der Waals surface area contributed by atoms with Crippen LogP contribution in [0, 0.1) is 6.08 Å². The van der Waals surface area contributed by atoms with Crippen molar-refractivity contribution in [1.82, 2.24) is 0 Å².